The number of hydrogen-bond donors (Lipinski definition) is 0. The number of hydrogen-bond acceptors (Lipinski definition) is 3. The molecular formula is C12H15IO3. The molecule has 0 amide bonds. The molecule has 4 heteroatoms. The van der Waals surface area contributed by atoms with Crippen LogP contribution < -0.4 is 0 Å². The highest BCUT2D eigenvalue weighted by atomic mass is 127. The third-order valence-corrected chi connectivity index (χ3v) is 2.90. The van der Waals surface area contributed by atoms with Crippen molar-refractivity contribution in [2.75, 3.05) is 11.0 Å². The van der Waals surface area contributed by atoms with Gasteiger partial charge in [-0.25, -0.2) is 0 Å². The molecule has 88 valence electrons. The second kappa shape index (κ2) is 7.62. The quantitative estimate of drug-likeness (QED) is 0.456. The molecule has 16 heavy (non-hydrogen) atoms. The van der Waals surface area contributed by atoms with E-state index < -0.39 is 0 Å². The molecule has 0 spiro atoms. The smallest absolute Gasteiger partial charge is 0.303 e. The molecule has 0 aromatic heterocycles. The van der Waals surface area contributed by atoms with E-state index in [1.54, 1.807) is 0 Å². The molecule has 0 saturated carbocycles. The van der Waals surface area contributed by atoms with Crippen molar-refractivity contribution in [3.63, 3.8) is 0 Å². The van der Waals surface area contributed by atoms with Gasteiger partial charge in [0.1, 0.15) is 6.10 Å². The lowest BCUT2D eigenvalue weighted by atomic mass is 10.2. The number of esters is 1. The average Bonchev–Trinajstić information content (AvgIpc) is 2.28. The summed E-state index contributed by atoms with van der Waals surface area (Å²) in [6.07, 6.45) is -0.151. The van der Waals surface area contributed by atoms with Crippen LogP contribution in [-0.2, 0) is 20.9 Å². The van der Waals surface area contributed by atoms with Crippen LogP contribution in [0, 0.1) is 0 Å². The maximum absolute atomic E-state index is 10.8. The van der Waals surface area contributed by atoms with Crippen molar-refractivity contribution < 1.29 is 14.3 Å². The Balaban J connectivity index is 2.26. The minimum atomic E-state index is -0.259. The average molecular weight is 334 g/mol. The Morgan fingerprint density at radius 3 is 2.62 bits per heavy atom. The van der Waals surface area contributed by atoms with Gasteiger partial charge >= 0.3 is 5.97 Å². The van der Waals surface area contributed by atoms with Crippen molar-refractivity contribution >= 4 is 28.6 Å². The van der Waals surface area contributed by atoms with E-state index in [9.17, 15) is 4.79 Å². The van der Waals surface area contributed by atoms with Crippen LogP contribution in [0.1, 0.15) is 12.5 Å². The van der Waals surface area contributed by atoms with Crippen molar-refractivity contribution in [3.8, 4) is 0 Å². The fourth-order valence-electron chi connectivity index (χ4n) is 1.23. The van der Waals surface area contributed by atoms with Gasteiger partial charge in [-0.2, -0.15) is 0 Å². The number of alkyl halides is 1. The van der Waals surface area contributed by atoms with E-state index in [0.29, 0.717) is 13.2 Å². The molecule has 0 bridgehead atoms. The van der Waals surface area contributed by atoms with E-state index in [2.05, 4.69) is 22.6 Å². The fourth-order valence-corrected chi connectivity index (χ4v) is 1.66. The molecule has 1 atom stereocenters. The number of carbonyl (C=O) groups excluding carboxylic acids is 1. The zero-order valence-corrected chi connectivity index (χ0v) is 11.3. The summed E-state index contributed by atoms with van der Waals surface area (Å²) in [5, 5.41) is 0. The Hall–Kier alpha value is -0.620. The van der Waals surface area contributed by atoms with Crippen molar-refractivity contribution in [3.05, 3.63) is 35.9 Å². The standard InChI is InChI=1S/C12H15IO3/c1-10(14)16-12(7-13)9-15-8-11-5-3-2-4-6-11/h2-6,12H,7-9H2,1H3. The van der Waals surface area contributed by atoms with E-state index in [-0.39, 0.29) is 12.1 Å². The van der Waals surface area contributed by atoms with E-state index in [1.807, 2.05) is 30.3 Å². The molecule has 0 heterocycles. The van der Waals surface area contributed by atoms with Gasteiger partial charge < -0.3 is 9.47 Å². The number of benzene rings is 1. The second-order valence-corrected chi connectivity index (χ2v) is 4.27. The van der Waals surface area contributed by atoms with Crippen LogP contribution in [0.3, 0.4) is 0 Å². The zero-order valence-electron chi connectivity index (χ0n) is 9.19. The number of halogens is 1. The molecule has 0 radical (unpaired) electrons. The van der Waals surface area contributed by atoms with Gasteiger partial charge in [0.2, 0.25) is 0 Å². The summed E-state index contributed by atoms with van der Waals surface area (Å²) in [7, 11) is 0. The Morgan fingerprint density at radius 2 is 2.06 bits per heavy atom. The summed E-state index contributed by atoms with van der Waals surface area (Å²) in [6.45, 7) is 2.41. The molecule has 1 rings (SSSR count). The molecule has 1 aromatic carbocycles. The van der Waals surface area contributed by atoms with Crippen LogP contribution in [0.15, 0.2) is 30.3 Å². The molecular weight excluding hydrogens is 319 g/mol. The normalized spacial score (nSPS) is 12.1. The van der Waals surface area contributed by atoms with Crippen LogP contribution in [0.25, 0.3) is 0 Å². The topological polar surface area (TPSA) is 35.5 Å². The van der Waals surface area contributed by atoms with Crippen molar-refractivity contribution in [1.82, 2.24) is 0 Å². The second-order valence-electron chi connectivity index (χ2n) is 3.39. The molecule has 0 fully saturated rings. The zero-order chi connectivity index (χ0) is 11.8. The van der Waals surface area contributed by atoms with Crippen LogP contribution in [0.5, 0.6) is 0 Å². The van der Waals surface area contributed by atoms with E-state index >= 15 is 0 Å². The van der Waals surface area contributed by atoms with E-state index in [4.69, 9.17) is 9.47 Å². The Morgan fingerprint density at radius 1 is 1.38 bits per heavy atom. The van der Waals surface area contributed by atoms with Crippen LogP contribution in [0.2, 0.25) is 0 Å². The monoisotopic (exact) mass is 334 g/mol. The van der Waals surface area contributed by atoms with Crippen molar-refractivity contribution in [1.29, 1.82) is 0 Å². The van der Waals surface area contributed by atoms with Gasteiger partial charge in [0.25, 0.3) is 0 Å². The summed E-state index contributed by atoms with van der Waals surface area (Å²) >= 11 is 2.18. The minimum Gasteiger partial charge on any atom is -0.459 e. The first-order valence-electron chi connectivity index (χ1n) is 5.07. The minimum absolute atomic E-state index is 0.151. The molecule has 0 aliphatic rings. The Labute approximate surface area is 109 Å². The van der Waals surface area contributed by atoms with E-state index in [1.165, 1.54) is 6.92 Å². The summed E-state index contributed by atoms with van der Waals surface area (Å²) in [5.74, 6) is -0.259. The Bertz CT molecular complexity index is 313. The largest absolute Gasteiger partial charge is 0.459 e. The van der Waals surface area contributed by atoms with Gasteiger partial charge in [-0.15, -0.1) is 0 Å². The maximum Gasteiger partial charge on any atom is 0.303 e. The predicted molar refractivity (Wildman–Crippen MR) is 70.5 cm³/mol. The highest BCUT2D eigenvalue weighted by Crippen LogP contribution is 2.04. The molecule has 1 unspecified atom stereocenters. The highest BCUT2D eigenvalue weighted by Gasteiger charge is 2.10. The van der Waals surface area contributed by atoms with Gasteiger partial charge in [0, 0.05) is 11.4 Å². The SMILES string of the molecule is CC(=O)OC(CI)COCc1ccccc1. The van der Waals surface area contributed by atoms with Crippen LogP contribution >= 0.6 is 22.6 Å². The van der Waals surface area contributed by atoms with Gasteiger partial charge in [-0.3, -0.25) is 4.79 Å². The fraction of sp³-hybridized carbons (Fsp3) is 0.417. The first kappa shape index (κ1) is 13.4. The lowest BCUT2D eigenvalue weighted by molar-refractivity contribution is -0.148. The summed E-state index contributed by atoms with van der Waals surface area (Å²) in [6, 6.07) is 9.92. The predicted octanol–water partition coefficient (Wildman–Crippen LogP) is 2.57. The van der Waals surface area contributed by atoms with E-state index in [0.717, 1.165) is 9.99 Å². The first-order chi connectivity index (χ1) is 7.72. The van der Waals surface area contributed by atoms with Crippen LogP contribution in [-0.4, -0.2) is 23.1 Å². The lowest BCUT2D eigenvalue weighted by Crippen LogP contribution is -2.23. The number of rotatable bonds is 6. The molecule has 0 N–H and O–H groups in total. The Kier molecular flexibility index (Phi) is 6.40. The molecule has 0 aliphatic carbocycles. The maximum atomic E-state index is 10.8. The highest BCUT2D eigenvalue weighted by molar-refractivity contribution is 14.1. The molecule has 3 nitrogen and oxygen atoms in total. The third kappa shape index (κ3) is 5.46. The summed E-state index contributed by atoms with van der Waals surface area (Å²) in [4.78, 5) is 10.8. The lowest BCUT2D eigenvalue weighted by Gasteiger charge is -2.14. The van der Waals surface area contributed by atoms with Crippen LogP contribution in [0.4, 0.5) is 0 Å². The van der Waals surface area contributed by atoms with Gasteiger partial charge in [0.15, 0.2) is 0 Å². The van der Waals surface area contributed by atoms with Gasteiger partial charge in [-0.05, 0) is 5.56 Å². The van der Waals surface area contributed by atoms with Gasteiger partial charge in [-0.1, -0.05) is 52.9 Å². The number of ether oxygens (including phenoxy) is 2. The van der Waals surface area contributed by atoms with Crippen molar-refractivity contribution in [2.24, 2.45) is 0 Å². The summed E-state index contributed by atoms with van der Waals surface area (Å²) < 4.78 is 11.3. The first-order valence-corrected chi connectivity index (χ1v) is 6.59. The summed E-state index contributed by atoms with van der Waals surface area (Å²) in [5.41, 5.74) is 1.12. The number of carbonyl (C=O) groups is 1. The van der Waals surface area contributed by atoms with Gasteiger partial charge in [0.05, 0.1) is 13.2 Å². The van der Waals surface area contributed by atoms with Crippen molar-refractivity contribution in [2.45, 2.75) is 19.6 Å². The molecule has 0 aliphatic heterocycles. The third-order valence-electron chi connectivity index (χ3n) is 1.92. The molecule has 0 saturated heterocycles. The molecule has 1 aromatic rings.